The smallest absolute Gasteiger partial charge is 0.334 e. The van der Waals surface area contributed by atoms with E-state index in [0.717, 1.165) is 64.2 Å². The van der Waals surface area contributed by atoms with E-state index in [1.54, 1.807) is 6.08 Å². The summed E-state index contributed by atoms with van der Waals surface area (Å²) in [6, 6.07) is 0. The molecule has 0 spiro atoms. The van der Waals surface area contributed by atoms with Gasteiger partial charge in [0.1, 0.15) is 6.10 Å². The lowest BCUT2D eigenvalue weighted by Gasteiger charge is -2.22. The molecular formula is C37H66O7. The topological polar surface area (TPSA) is 116 Å². The minimum atomic E-state index is -0.607. The first-order valence-electron chi connectivity index (χ1n) is 18.2. The zero-order chi connectivity index (χ0) is 32.0. The van der Waals surface area contributed by atoms with E-state index in [2.05, 4.69) is 19.1 Å². The number of rotatable bonds is 27. The molecule has 2 rings (SSSR count). The van der Waals surface area contributed by atoms with Gasteiger partial charge in [-0.05, 0) is 77.2 Å². The van der Waals surface area contributed by atoms with Gasteiger partial charge in [-0.25, -0.2) is 4.79 Å². The van der Waals surface area contributed by atoms with E-state index in [1.165, 1.54) is 51.4 Å². The second-order valence-corrected chi connectivity index (χ2v) is 13.5. The molecule has 7 heteroatoms. The van der Waals surface area contributed by atoms with Crippen LogP contribution >= 0.6 is 0 Å². The van der Waals surface area contributed by atoms with Crippen molar-refractivity contribution in [3.05, 3.63) is 23.8 Å². The maximum atomic E-state index is 11.7. The van der Waals surface area contributed by atoms with Crippen LogP contribution in [-0.4, -0.2) is 69.1 Å². The number of esters is 1. The van der Waals surface area contributed by atoms with Crippen molar-refractivity contribution in [3.63, 3.8) is 0 Å². The average Bonchev–Trinajstić information content (AvgIpc) is 3.62. The molecule has 2 aliphatic heterocycles. The fourth-order valence-electron chi connectivity index (χ4n) is 6.46. The molecule has 44 heavy (non-hydrogen) atoms. The number of unbranched alkanes of at least 4 members (excludes halogenated alkanes) is 12. The van der Waals surface area contributed by atoms with Crippen LogP contribution in [0.4, 0.5) is 0 Å². The Morgan fingerprint density at radius 1 is 0.705 bits per heavy atom. The van der Waals surface area contributed by atoms with Crippen molar-refractivity contribution in [2.45, 2.75) is 204 Å². The zero-order valence-corrected chi connectivity index (χ0v) is 28.1. The first kappa shape index (κ1) is 38.9. The number of carbonyl (C=O) groups excluding carboxylic acids is 1. The molecule has 0 bridgehead atoms. The monoisotopic (exact) mass is 622 g/mol. The highest BCUT2D eigenvalue weighted by molar-refractivity contribution is 5.90. The van der Waals surface area contributed by atoms with Gasteiger partial charge in [-0.15, -0.1) is 0 Å². The SMILES string of the molecule is CCCCCCCCCC/C=C\CCC(O)C1CCC(C(O)CCC(O)CCCCCCC[C@@H](O)CC2=C[C@H](C)OC2=O)O1. The summed E-state index contributed by atoms with van der Waals surface area (Å²) in [7, 11) is 0. The van der Waals surface area contributed by atoms with Crippen LogP contribution < -0.4 is 0 Å². The number of cyclic esters (lactones) is 1. The van der Waals surface area contributed by atoms with Gasteiger partial charge in [0.05, 0.1) is 36.6 Å². The summed E-state index contributed by atoms with van der Waals surface area (Å²) in [5, 5.41) is 41.8. The van der Waals surface area contributed by atoms with E-state index in [9.17, 15) is 25.2 Å². The van der Waals surface area contributed by atoms with Crippen LogP contribution in [0.25, 0.3) is 0 Å². The lowest BCUT2D eigenvalue weighted by Crippen LogP contribution is -2.31. The summed E-state index contributed by atoms with van der Waals surface area (Å²) in [5.74, 6) is -0.306. The van der Waals surface area contributed by atoms with Gasteiger partial charge in [-0.3, -0.25) is 0 Å². The van der Waals surface area contributed by atoms with E-state index in [1.807, 2.05) is 6.92 Å². The molecule has 256 valence electrons. The number of aliphatic hydroxyl groups is 4. The second kappa shape index (κ2) is 24.0. The van der Waals surface area contributed by atoms with Crippen molar-refractivity contribution in [3.8, 4) is 0 Å². The molecule has 0 aliphatic carbocycles. The summed E-state index contributed by atoms with van der Waals surface area (Å²) in [6.45, 7) is 4.08. The van der Waals surface area contributed by atoms with Crippen LogP contribution in [0.2, 0.25) is 0 Å². The Labute approximate surface area is 268 Å². The summed E-state index contributed by atoms with van der Waals surface area (Å²) >= 11 is 0. The minimum absolute atomic E-state index is 0.192. The van der Waals surface area contributed by atoms with Crippen molar-refractivity contribution in [1.82, 2.24) is 0 Å². The lowest BCUT2D eigenvalue weighted by molar-refractivity contribution is -0.139. The summed E-state index contributed by atoms with van der Waals surface area (Å²) in [4.78, 5) is 11.7. The van der Waals surface area contributed by atoms with Crippen LogP contribution in [0, 0.1) is 0 Å². The van der Waals surface area contributed by atoms with Crippen LogP contribution in [-0.2, 0) is 14.3 Å². The van der Waals surface area contributed by atoms with Gasteiger partial charge in [0.15, 0.2) is 0 Å². The quantitative estimate of drug-likeness (QED) is 0.0423. The normalized spacial score (nSPS) is 23.2. The second-order valence-electron chi connectivity index (χ2n) is 13.5. The Kier molecular flexibility index (Phi) is 21.2. The van der Waals surface area contributed by atoms with Crippen molar-refractivity contribution in [1.29, 1.82) is 0 Å². The van der Waals surface area contributed by atoms with E-state index in [4.69, 9.17) is 9.47 Å². The number of hydrogen-bond donors (Lipinski definition) is 4. The third kappa shape index (κ3) is 17.4. The third-order valence-corrected chi connectivity index (χ3v) is 9.28. The molecule has 4 N–H and O–H groups in total. The van der Waals surface area contributed by atoms with Crippen LogP contribution in [0.1, 0.15) is 162 Å². The Morgan fingerprint density at radius 2 is 1.25 bits per heavy atom. The molecule has 0 aromatic heterocycles. The van der Waals surface area contributed by atoms with Crippen molar-refractivity contribution in [2.75, 3.05) is 0 Å². The molecule has 0 saturated carbocycles. The van der Waals surface area contributed by atoms with Gasteiger partial charge < -0.3 is 29.9 Å². The number of allylic oxidation sites excluding steroid dienone is 2. The molecule has 2 heterocycles. The summed E-state index contributed by atoms with van der Waals surface area (Å²) in [5.41, 5.74) is 0.587. The first-order chi connectivity index (χ1) is 21.3. The molecule has 5 unspecified atom stereocenters. The molecule has 0 aromatic carbocycles. The minimum Gasteiger partial charge on any atom is -0.455 e. The predicted octanol–water partition coefficient (Wildman–Crippen LogP) is 7.62. The molecule has 0 amide bonds. The van der Waals surface area contributed by atoms with Gasteiger partial charge in [0.25, 0.3) is 0 Å². The van der Waals surface area contributed by atoms with Crippen molar-refractivity contribution < 1.29 is 34.7 Å². The molecule has 7 nitrogen and oxygen atoms in total. The van der Waals surface area contributed by atoms with Gasteiger partial charge in [-0.2, -0.15) is 0 Å². The zero-order valence-electron chi connectivity index (χ0n) is 28.1. The molecule has 1 saturated heterocycles. The Morgan fingerprint density at radius 3 is 1.86 bits per heavy atom. The van der Waals surface area contributed by atoms with Crippen LogP contribution in [0.3, 0.4) is 0 Å². The maximum absolute atomic E-state index is 11.7. The maximum Gasteiger partial charge on any atom is 0.334 e. The fourth-order valence-corrected chi connectivity index (χ4v) is 6.46. The van der Waals surface area contributed by atoms with Crippen molar-refractivity contribution in [2.24, 2.45) is 0 Å². The van der Waals surface area contributed by atoms with Crippen LogP contribution in [0.15, 0.2) is 23.8 Å². The van der Waals surface area contributed by atoms with Crippen molar-refractivity contribution >= 4 is 5.97 Å². The van der Waals surface area contributed by atoms with Gasteiger partial charge in [-0.1, -0.05) is 96.1 Å². The Balaban J connectivity index is 1.42. The third-order valence-electron chi connectivity index (χ3n) is 9.28. The fraction of sp³-hybridized carbons (Fsp3) is 0.865. The molecule has 7 atom stereocenters. The van der Waals surface area contributed by atoms with Crippen LogP contribution in [0.5, 0.6) is 0 Å². The predicted molar refractivity (Wildman–Crippen MR) is 177 cm³/mol. The lowest BCUT2D eigenvalue weighted by atomic mass is 9.99. The summed E-state index contributed by atoms with van der Waals surface area (Å²) in [6.07, 6.45) is 26.2. The number of ether oxygens (including phenoxy) is 2. The number of aliphatic hydroxyl groups excluding tert-OH is 4. The Bertz CT molecular complexity index is 797. The van der Waals surface area contributed by atoms with Gasteiger partial charge in [0, 0.05) is 12.0 Å². The van der Waals surface area contributed by atoms with Gasteiger partial charge in [0.2, 0.25) is 0 Å². The van der Waals surface area contributed by atoms with Gasteiger partial charge >= 0.3 is 5.97 Å². The highest BCUT2D eigenvalue weighted by Gasteiger charge is 2.34. The van der Waals surface area contributed by atoms with E-state index < -0.39 is 24.4 Å². The Hall–Kier alpha value is -1.25. The highest BCUT2D eigenvalue weighted by atomic mass is 16.5. The molecule has 2 aliphatic rings. The number of carbonyl (C=O) groups is 1. The molecule has 0 radical (unpaired) electrons. The summed E-state index contributed by atoms with van der Waals surface area (Å²) < 4.78 is 11.1. The highest BCUT2D eigenvalue weighted by Crippen LogP contribution is 2.28. The molecule has 1 fully saturated rings. The molecular weight excluding hydrogens is 556 g/mol. The first-order valence-corrected chi connectivity index (χ1v) is 18.2. The molecule has 0 aromatic rings. The standard InChI is InChI=1S/C37H66O7/c1-3-4-5-6-7-8-9-10-11-12-16-19-22-33(40)35-25-26-36(44-35)34(41)24-23-31(38)20-17-14-13-15-18-21-32(39)28-30-27-29(2)43-37(30)42/h12,16,27,29,31-36,38-41H,3-11,13-15,17-26,28H2,1-2H3/b16-12-/t29-,31?,32+,33?,34?,35?,36?/m0/s1. The van der Waals surface area contributed by atoms with E-state index in [0.29, 0.717) is 37.7 Å². The largest absolute Gasteiger partial charge is 0.455 e. The number of hydrogen-bond acceptors (Lipinski definition) is 7. The van der Waals surface area contributed by atoms with E-state index in [-0.39, 0.29) is 24.3 Å². The van der Waals surface area contributed by atoms with E-state index >= 15 is 0 Å². The average molecular weight is 623 g/mol.